The molecule has 0 bridgehead atoms. The van der Waals surface area contributed by atoms with Gasteiger partial charge in [0.2, 0.25) is 0 Å². The van der Waals surface area contributed by atoms with Crippen LogP contribution in [0.2, 0.25) is 0 Å². The van der Waals surface area contributed by atoms with E-state index in [0.717, 1.165) is 20.8 Å². The minimum atomic E-state index is -2.12. The number of aliphatic hydroxyl groups is 2. The number of epoxide rings is 1. The number of hydrogen-bond donors (Lipinski definition) is 2. The lowest BCUT2D eigenvalue weighted by Crippen LogP contribution is -2.69. The van der Waals surface area contributed by atoms with Crippen molar-refractivity contribution in [3.05, 3.63) is 23.8 Å². The van der Waals surface area contributed by atoms with Gasteiger partial charge in [0, 0.05) is 38.5 Å². The zero-order valence-corrected chi connectivity index (χ0v) is 25.6. The zero-order chi connectivity index (χ0) is 32.3. The Hall–Kier alpha value is -3.29. The minimum absolute atomic E-state index is 0.0214. The van der Waals surface area contributed by atoms with E-state index in [9.17, 15) is 34.2 Å². The van der Waals surface area contributed by atoms with Crippen molar-refractivity contribution >= 4 is 29.8 Å². The van der Waals surface area contributed by atoms with Crippen molar-refractivity contribution in [1.82, 2.24) is 0 Å². The van der Waals surface area contributed by atoms with Gasteiger partial charge in [0.1, 0.15) is 12.2 Å². The molecule has 2 fully saturated rings. The smallest absolute Gasteiger partial charge is 0.342 e. The first-order valence-corrected chi connectivity index (χ1v) is 14.3. The van der Waals surface area contributed by atoms with E-state index in [4.69, 9.17) is 28.4 Å². The van der Waals surface area contributed by atoms with Gasteiger partial charge in [0.15, 0.2) is 35.6 Å². The van der Waals surface area contributed by atoms with Crippen LogP contribution in [0.25, 0.3) is 0 Å². The molecule has 0 aromatic carbocycles. The number of ether oxygens (including phenoxy) is 6. The Morgan fingerprint density at radius 1 is 0.953 bits per heavy atom. The lowest BCUT2D eigenvalue weighted by atomic mass is 9.55. The van der Waals surface area contributed by atoms with Gasteiger partial charge in [-0.1, -0.05) is 26.0 Å². The number of fused-ring (bicyclic) bond motifs is 1. The fourth-order valence-electron chi connectivity index (χ4n) is 7.06. The first-order valence-electron chi connectivity index (χ1n) is 14.3. The van der Waals surface area contributed by atoms with E-state index >= 15 is 0 Å². The Kier molecular flexibility index (Phi) is 8.35. The summed E-state index contributed by atoms with van der Waals surface area (Å²) in [6.45, 7) is 11.1. The van der Waals surface area contributed by atoms with Crippen molar-refractivity contribution in [3.8, 4) is 0 Å². The molecule has 2 heterocycles. The summed E-state index contributed by atoms with van der Waals surface area (Å²) in [4.78, 5) is 64.0. The van der Waals surface area contributed by atoms with Crippen LogP contribution in [0.15, 0.2) is 23.8 Å². The lowest BCUT2D eigenvalue weighted by molar-refractivity contribution is -0.230. The quantitative estimate of drug-likeness (QED) is 0.190. The van der Waals surface area contributed by atoms with Gasteiger partial charge < -0.3 is 38.6 Å². The molecular formula is C30H40O13. The standard InChI is InChI=1S/C30H40O13/c1-9-10-20(35)42-21-14(2)13-19-30(29(8,43-30)26(36)41-19)25(40-17(5)33)23-27(6,12-11-18(34)28(23,7)37)24(39-16(4)32)22(21)38-15(3)31/h11-13,18-19,21-25,34,37H,9-10H2,1-8H3/b14-13-/t18?,19?,21?,22?,23?,24?,25?,27-,28+,29-,30?/m0/s1. The average molecular weight is 609 g/mol. The molecule has 2 aliphatic heterocycles. The molecule has 2 aliphatic carbocycles. The number of rotatable bonds is 6. The molecule has 11 atom stereocenters. The van der Waals surface area contributed by atoms with E-state index in [-0.39, 0.29) is 12.0 Å². The first kappa shape index (κ1) is 32.6. The summed E-state index contributed by atoms with van der Waals surface area (Å²) in [5, 5.41) is 23.0. The second-order valence-electron chi connectivity index (χ2n) is 12.3. The predicted molar refractivity (Wildman–Crippen MR) is 145 cm³/mol. The maximum absolute atomic E-state index is 13.2. The summed E-state index contributed by atoms with van der Waals surface area (Å²) in [6, 6.07) is 0. The molecule has 43 heavy (non-hydrogen) atoms. The zero-order valence-electron chi connectivity index (χ0n) is 25.6. The summed E-state index contributed by atoms with van der Waals surface area (Å²) in [5.74, 6) is -5.17. The number of esters is 5. The van der Waals surface area contributed by atoms with E-state index in [0.29, 0.717) is 6.42 Å². The number of hydrogen-bond acceptors (Lipinski definition) is 13. The Morgan fingerprint density at radius 2 is 1.53 bits per heavy atom. The Morgan fingerprint density at radius 3 is 2.07 bits per heavy atom. The summed E-state index contributed by atoms with van der Waals surface area (Å²) < 4.78 is 35.2. The van der Waals surface area contributed by atoms with Crippen LogP contribution in [0.4, 0.5) is 0 Å². The highest BCUT2D eigenvalue weighted by Gasteiger charge is 2.88. The Labute approximate surface area is 249 Å². The number of aliphatic hydroxyl groups excluding tert-OH is 1. The molecule has 0 aromatic heterocycles. The van der Waals surface area contributed by atoms with Gasteiger partial charge >= 0.3 is 29.8 Å². The molecule has 8 unspecified atom stereocenters. The maximum Gasteiger partial charge on any atom is 0.342 e. The van der Waals surface area contributed by atoms with Crippen LogP contribution in [0.5, 0.6) is 0 Å². The Balaban J connectivity index is 2.10. The summed E-state index contributed by atoms with van der Waals surface area (Å²) in [6.07, 6.45) is -3.92. The van der Waals surface area contributed by atoms with E-state index in [1.807, 2.05) is 0 Å². The third-order valence-corrected chi connectivity index (χ3v) is 9.06. The van der Waals surface area contributed by atoms with Crippen LogP contribution in [-0.4, -0.2) is 93.5 Å². The maximum atomic E-state index is 13.2. The lowest BCUT2D eigenvalue weighted by Gasteiger charge is -2.55. The second-order valence-corrected chi connectivity index (χ2v) is 12.3. The van der Waals surface area contributed by atoms with Crippen molar-refractivity contribution in [2.24, 2.45) is 11.3 Å². The molecule has 0 radical (unpaired) electrons. The molecule has 4 aliphatic rings. The van der Waals surface area contributed by atoms with Crippen LogP contribution < -0.4 is 0 Å². The van der Waals surface area contributed by atoms with Crippen LogP contribution in [0.1, 0.15) is 68.2 Å². The van der Waals surface area contributed by atoms with Gasteiger partial charge in [-0.3, -0.25) is 19.2 Å². The normalized spacial score (nSPS) is 44.3. The van der Waals surface area contributed by atoms with Gasteiger partial charge in [-0.15, -0.1) is 0 Å². The van der Waals surface area contributed by atoms with Crippen molar-refractivity contribution < 1.29 is 62.6 Å². The fraction of sp³-hybridized carbons (Fsp3) is 0.700. The molecule has 2 N–H and O–H groups in total. The molecule has 13 heteroatoms. The van der Waals surface area contributed by atoms with Crippen molar-refractivity contribution in [2.75, 3.05) is 0 Å². The summed E-state index contributed by atoms with van der Waals surface area (Å²) in [5.41, 5.74) is -6.81. The van der Waals surface area contributed by atoms with Crippen molar-refractivity contribution in [1.29, 1.82) is 0 Å². The highest BCUT2D eigenvalue weighted by molar-refractivity contribution is 5.89. The topological polar surface area (TPSA) is 184 Å². The first-order chi connectivity index (χ1) is 19.9. The molecule has 0 aromatic rings. The largest absolute Gasteiger partial charge is 0.459 e. The third-order valence-electron chi connectivity index (χ3n) is 9.06. The Bertz CT molecular complexity index is 1270. The van der Waals surface area contributed by atoms with Crippen LogP contribution in [-0.2, 0) is 52.4 Å². The van der Waals surface area contributed by atoms with Crippen molar-refractivity contribution in [2.45, 2.75) is 122 Å². The van der Waals surface area contributed by atoms with Gasteiger partial charge in [-0.05, 0) is 38.8 Å². The van der Waals surface area contributed by atoms with E-state index in [1.54, 1.807) is 20.8 Å². The molecule has 238 valence electrons. The molecule has 13 nitrogen and oxygen atoms in total. The SMILES string of the molecule is CCCC(=O)OC1/C(C)=C\C2OC(=O)[C@]3(C)OC23C(OC(C)=O)C2[C@](C)(O)C(O)C=C[C@]2(C)C(OC(C)=O)C1OC(C)=O. The third kappa shape index (κ3) is 5.14. The summed E-state index contributed by atoms with van der Waals surface area (Å²) >= 11 is 0. The van der Waals surface area contributed by atoms with Gasteiger partial charge in [-0.2, -0.15) is 0 Å². The van der Waals surface area contributed by atoms with Crippen molar-refractivity contribution in [3.63, 3.8) is 0 Å². The minimum Gasteiger partial charge on any atom is -0.459 e. The number of carbonyl (C=O) groups is 5. The van der Waals surface area contributed by atoms with E-state index in [1.165, 1.54) is 32.1 Å². The molecule has 4 rings (SSSR count). The molecule has 0 saturated carbocycles. The predicted octanol–water partition coefficient (Wildman–Crippen LogP) is 1.21. The summed E-state index contributed by atoms with van der Waals surface area (Å²) in [7, 11) is 0. The van der Waals surface area contributed by atoms with Gasteiger partial charge in [0.05, 0.1) is 5.60 Å². The van der Waals surface area contributed by atoms with Gasteiger partial charge in [0.25, 0.3) is 0 Å². The highest BCUT2D eigenvalue weighted by atomic mass is 16.7. The average Bonchev–Trinajstić information content (AvgIpc) is 3.47. The molecule has 2 saturated heterocycles. The van der Waals surface area contributed by atoms with Gasteiger partial charge in [-0.25, -0.2) is 4.79 Å². The second kappa shape index (κ2) is 11.0. The fourth-order valence-corrected chi connectivity index (χ4v) is 7.06. The number of carbonyl (C=O) groups excluding carboxylic acids is 5. The van der Waals surface area contributed by atoms with Crippen LogP contribution in [0, 0.1) is 11.3 Å². The molecular weight excluding hydrogens is 568 g/mol. The van der Waals surface area contributed by atoms with E-state index in [2.05, 4.69) is 0 Å². The van der Waals surface area contributed by atoms with E-state index < -0.39 is 94.6 Å². The van der Waals surface area contributed by atoms with Crippen LogP contribution in [0.3, 0.4) is 0 Å². The van der Waals surface area contributed by atoms with Crippen LogP contribution >= 0.6 is 0 Å². The monoisotopic (exact) mass is 608 g/mol. The molecule has 0 amide bonds. The molecule has 1 spiro atoms. The highest BCUT2D eigenvalue weighted by Crippen LogP contribution is 2.65.